The fourth-order valence-electron chi connectivity index (χ4n) is 0.857. The third-order valence-electron chi connectivity index (χ3n) is 1.46. The van der Waals surface area contributed by atoms with Crippen molar-refractivity contribution in [3.05, 3.63) is 0 Å². The van der Waals surface area contributed by atoms with Crippen LogP contribution in [-0.4, -0.2) is 29.6 Å². The van der Waals surface area contributed by atoms with E-state index in [0.29, 0.717) is 6.42 Å². The molecular weight excluding hydrogens is 172 g/mol. The summed E-state index contributed by atoms with van der Waals surface area (Å²) in [7, 11) is 1.00. The van der Waals surface area contributed by atoms with E-state index < -0.39 is 5.97 Å². The van der Waals surface area contributed by atoms with E-state index in [2.05, 4.69) is 0 Å². The molecule has 4 heteroatoms. The summed E-state index contributed by atoms with van der Waals surface area (Å²) in [6.45, 7) is 0. The van der Waals surface area contributed by atoms with Gasteiger partial charge in [-0.15, -0.1) is 0 Å². The number of carboxylic acid groups (broad SMARTS) is 1. The largest absolute Gasteiger partial charge is 0.481 e. The Morgan fingerprint density at radius 2 is 1.69 bits per heavy atom. The minimum absolute atomic E-state index is 0.251. The lowest BCUT2D eigenvalue weighted by atomic mass is 10.1. The number of carboxylic acids is 1. The van der Waals surface area contributed by atoms with E-state index in [9.17, 15) is 9.59 Å². The lowest BCUT2D eigenvalue weighted by Crippen LogP contribution is -1.93. The molecule has 0 aromatic rings. The molecular formula is C9H18O4. The third kappa shape index (κ3) is 18.2. The third-order valence-corrected chi connectivity index (χ3v) is 1.46. The predicted octanol–water partition coefficient (Wildman–Crippen LogP) is 1.22. The first-order valence-corrected chi connectivity index (χ1v) is 4.37. The van der Waals surface area contributed by atoms with Crippen LogP contribution in [0, 0.1) is 0 Å². The molecule has 4 nitrogen and oxygen atoms in total. The molecule has 0 aliphatic heterocycles. The van der Waals surface area contributed by atoms with Crippen molar-refractivity contribution >= 4 is 12.3 Å². The maximum absolute atomic E-state index is 10.0. The zero-order valence-corrected chi connectivity index (χ0v) is 8.03. The Balaban J connectivity index is 0. The van der Waals surface area contributed by atoms with Crippen LogP contribution in [0.2, 0.25) is 0 Å². The highest BCUT2D eigenvalue weighted by molar-refractivity contribution is 5.66. The highest BCUT2D eigenvalue weighted by Gasteiger charge is 1.95. The zero-order valence-electron chi connectivity index (χ0n) is 8.03. The number of rotatable bonds is 7. The number of hydrogen-bond donors (Lipinski definition) is 2. The van der Waals surface area contributed by atoms with Crippen LogP contribution in [0.4, 0.5) is 0 Å². The Hall–Kier alpha value is -0.900. The Bertz CT molecular complexity index is 123. The number of aldehydes is 1. The number of carbonyl (C=O) groups excluding carboxylic acids is 1. The second kappa shape index (κ2) is 13.7. The fraction of sp³-hybridized carbons (Fsp3) is 0.778. The Kier molecular flexibility index (Phi) is 15.4. The second-order valence-electron chi connectivity index (χ2n) is 2.51. The van der Waals surface area contributed by atoms with Crippen LogP contribution < -0.4 is 0 Å². The Morgan fingerprint density at radius 1 is 1.15 bits per heavy atom. The van der Waals surface area contributed by atoms with Gasteiger partial charge in [0.05, 0.1) is 0 Å². The summed E-state index contributed by atoms with van der Waals surface area (Å²) in [5.41, 5.74) is 0. The van der Waals surface area contributed by atoms with Gasteiger partial charge in [0.15, 0.2) is 0 Å². The van der Waals surface area contributed by atoms with E-state index in [-0.39, 0.29) is 6.42 Å². The van der Waals surface area contributed by atoms with Crippen molar-refractivity contribution in [1.82, 2.24) is 0 Å². The van der Waals surface area contributed by atoms with Crippen molar-refractivity contribution in [1.29, 1.82) is 0 Å². The van der Waals surface area contributed by atoms with Crippen LogP contribution in [0.5, 0.6) is 0 Å². The van der Waals surface area contributed by atoms with Gasteiger partial charge < -0.3 is 15.0 Å². The molecule has 0 heterocycles. The number of aliphatic hydroxyl groups is 1. The molecule has 0 atom stereocenters. The molecule has 0 fully saturated rings. The lowest BCUT2D eigenvalue weighted by Gasteiger charge is -1.94. The number of aliphatic carboxylic acids is 1. The first-order chi connectivity index (χ1) is 6.27. The average molecular weight is 190 g/mol. The smallest absolute Gasteiger partial charge is 0.303 e. The maximum atomic E-state index is 10.0. The molecule has 0 aliphatic carbocycles. The highest BCUT2D eigenvalue weighted by Crippen LogP contribution is 2.03. The van der Waals surface area contributed by atoms with Gasteiger partial charge in [0, 0.05) is 20.0 Å². The van der Waals surface area contributed by atoms with Gasteiger partial charge in [-0.3, -0.25) is 4.79 Å². The molecule has 0 amide bonds. The number of carbonyl (C=O) groups is 2. The second-order valence-corrected chi connectivity index (χ2v) is 2.51. The van der Waals surface area contributed by atoms with Crippen molar-refractivity contribution < 1.29 is 19.8 Å². The van der Waals surface area contributed by atoms with Gasteiger partial charge in [0.25, 0.3) is 0 Å². The molecule has 0 aliphatic rings. The predicted molar refractivity (Wildman–Crippen MR) is 49.5 cm³/mol. The van der Waals surface area contributed by atoms with Crippen LogP contribution in [0.1, 0.15) is 38.5 Å². The first-order valence-electron chi connectivity index (χ1n) is 4.37. The Labute approximate surface area is 78.6 Å². The van der Waals surface area contributed by atoms with Crippen LogP contribution in [0.3, 0.4) is 0 Å². The summed E-state index contributed by atoms with van der Waals surface area (Å²) >= 11 is 0. The first kappa shape index (κ1) is 14.6. The van der Waals surface area contributed by atoms with E-state index in [1.807, 2.05) is 0 Å². The van der Waals surface area contributed by atoms with Crippen LogP contribution in [0.15, 0.2) is 0 Å². The Morgan fingerprint density at radius 3 is 2.15 bits per heavy atom. The molecule has 0 saturated carbocycles. The molecule has 13 heavy (non-hydrogen) atoms. The summed E-state index contributed by atoms with van der Waals surface area (Å²) in [6, 6.07) is 0. The lowest BCUT2D eigenvalue weighted by molar-refractivity contribution is -0.137. The maximum Gasteiger partial charge on any atom is 0.303 e. The molecule has 0 aromatic carbocycles. The number of aliphatic hydroxyl groups excluding tert-OH is 1. The SMILES string of the molecule is CO.O=CCCCCCCC(=O)O. The highest BCUT2D eigenvalue weighted by atomic mass is 16.4. The van der Waals surface area contributed by atoms with Crippen LogP contribution in [-0.2, 0) is 9.59 Å². The molecule has 0 saturated heterocycles. The zero-order chi connectivity index (χ0) is 10.5. The van der Waals surface area contributed by atoms with Crippen LogP contribution >= 0.6 is 0 Å². The van der Waals surface area contributed by atoms with Gasteiger partial charge in [-0.2, -0.15) is 0 Å². The van der Waals surface area contributed by atoms with Crippen molar-refractivity contribution in [3.8, 4) is 0 Å². The van der Waals surface area contributed by atoms with E-state index in [1.165, 1.54) is 0 Å². The van der Waals surface area contributed by atoms with Gasteiger partial charge in [-0.05, 0) is 12.8 Å². The van der Waals surface area contributed by atoms with Gasteiger partial charge in [-0.1, -0.05) is 12.8 Å². The molecule has 78 valence electrons. The molecule has 0 bridgehead atoms. The summed E-state index contributed by atoms with van der Waals surface area (Å²) in [5.74, 6) is -0.736. The van der Waals surface area contributed by atoms with E-state index >= 15 is 0 Å². The summed E-state index contributed by atoms with van der Waals surface area (Å²) < 4.78 is 0. The van der Waals surface area contributed by atoms with Crippen molar-refractivity contribution in [2.75, 3.05) is 7.11 Å². The van der Waals surface area contributed by atoms with E-state index in [4.69, 9.17) is 10.2 Å². The standard InChI is InChI=1S/C8H14O3.CH4O/c9-7-5-3-1-2-4-6-8(10)11;1-2/h7H,1-6H2,(H,10,11);2H,1H3. The molecule has 0 unspecified atom stereocenters. The minimum atomic E-state index is -0.736. The molecule has 0 rings (SSSR count). The van der Waals surface area contributed by atoms with E-state index in [0.717, 1.165) is 39.1 Å². The quantitative estimate of drug-likeness (QED) is 0.467. The molecule has 0 radical (unpaired) electrons. The minimum Gasteiger partial charge on any atom is -0.481 e. The van der Waals surface area contributed by atoms with Gasteiger partial charge >= 0.3 is 5.97 Å². The van der Waals surface area contributed by atoms with Crippen LogP contribution in [0.25, 0.3) is 0 Å². The average Bonchev–Trinajstić information content (AvgIpc) is 2.14. The molecule has 0 spiro atoms. The van der Waals surface area contributed by atoms with E-state index in [1.54, 1.807) is 0 Å². The van der Waals surface area contributed by atoms with Crippen molar-refractivity contribution in [2.45, 2.75) is 38.5 Å². The summed E-state index contributed by atoms with van der Waals surface area (Å²) in [6.07, 6.45) is 5.26. The summed E-state index contributed by atoms with van der Waals surface area (Å²) in [4.78, 5) is 19.9. The van der Waals surface area contributed by atoms with Crippen molar-refractivity contribution in [2.24, 2.45) is 0 Å². The van der Waals surface area contributed by atoms with Gasteiger partial charge in [0.2, 0.25) is 0 Å². The molecule has 2 N–H and O–H groups in total. The monoisotopic (exact) mass is 190 g/mol. The van der Waals surface area contributed by atoms with Crippen molar-refractivity contribution in [3.63, 3.8) is 0 Å². The number of hydrogen-bond acceptors (Lipinski definition) is 3. The van der Waals surface area contributed by atoms with Gasteiger partial charge in [-0.25, -0.2) is 0 Å². The van der Waals surface area contributed by atoms with Gasteiger partial charge in [0.1, 0.15) is 6.29 Å². The molecule has 0 aromatic heterocycles. The summed E-state index contributed by atoms with van der Waals surface area (Å²) in [5, 5.41) is 15.3. The fourth-order valence-corrected chi connectivity index (χ4v) is 0.857. The normalized spacial score (nSPS) is 8.46. The number of unbranched alkanes of at least 4 members (excludes halogenated alkanes) is 4. The topological polar surface area (TPSA) is 74.6 Å².